The molecule has 0 bridgehead atoms. The van der Waals surface area contributed by atoms with Gasteiger partial charge < -0.3 is 14.6 Å². The summed E-state index contributed by atoms with van der Waals surface area (Å²) in [5.74, 6) is -5.21. The summed E-state index contributed by atoms with van der Waals surface area (Å²) < 4.78 is 11.7. The molecule has 0 aliphatic carbocycles. The van der Waals surface area contributed by atoms with E-state index in [0.717, 1.165) is 18.3 Å². The largest absolute Gasteiger partial charge is 0.481 e. The number of carboxylic acid groups (broad SMARTS) is 1. The van der Waals surface area contributed by atoms with Crippen molar-refractivity contribution in [3.63, 3.8) is 0 Å². The number of hydrogen-bond donors (Lipinski definition) is 1. The second-order valence-corrected chi connectivity index (χ2v) is 11.1. The second-order valence-electron chi connectivity index (χ2n) is 8.60. The van der Waals surface area contributed by atoms with E-state index in [1.165, 1.54) is 14.0 Å². The van der Waals surface area contributed by atoms with Gasteiger partial charge in [-0.05, 0) is 87.5 Å². The SMILES string of the molecule is CCOC(=O)C(C(=O)Cc1ccc(I)cc1)[C@@H](C)C(=O)OC.C[C@H](CC(=O)Cc1ccc(I)cc1)C(=O)O. The van der Waals surface area contributed by atoms with E-state index in [4.69, 9.17) is 9.84 Å². The summed E-state index contributed by atoms with van der Waals surface area (Å²) in [7, 11) is 1.23. The van der Waals surface area contributed by atoms with Crippen LogP contribution in [-0.2, 0) is 46.3 Å². The molecule has 206 valence electrons. The molecule has 0 spiro atoms. The lowest BCUT2D eigenvalue weighted by Crippen LogP contribution is -2.37. The first-order valence-corrected chi connectivity index (χ1v) is 14.1. The van der Waals surface area contributed by atoms with E-state index in [2.05, 4.69) is 49.9 Å². The minimum Gasteiger partial charge on any atom is -0.481 e. The van der Waals surface area contributed by atoms with Crippen LogP contribution < -0.4 is 0 Å². The predicted molar refractivity (Wildman–Crippen MR) is 158 cm³/mol. The van der Waals surface area contributed by atoms with Gasteiger partial charge in [0, 0.05) is 26.4 Å². The van der Waals surface area contributed by atoms with E-state index < -0.39 is 35.7 Å². The number of Topliss-reactive ketones (excluding diaryl/α,β-unsaturated/α-hetero) is 2. The number of ether oxygens (including phenoxy) is 2. The van der Waals surface area contributed by atoms with E-state index in [9.17, 15) is 24.0 Å². The van der Waals surface area contributed by atoms with Gasteiger partial charge in [-0.25, -0.2) is 0 Å². The van der Waals surface area contributed by atoms with Gasteiger partial charge in [0.25, 0.3) is 0 Å². The van der Waals surface area contributed by atoms with Crippen LogP contribution in [0.25, 0.3) is 0 Å². The van der Waals surface area contributed by atoms with Crippen LogP contribution in [0, 0.1) is 24.9 Å². The second kappa shape index (κ2) is 17.3. The van der Waals surface area contributed by atoms with Crippen LogP contribution in [0.5, 0.6) is 0 Å². The number of aliphatic carboxylic acids is 1. The Morgan fingerprint density at radius 2 is 1.29 bits per heavy atom. The number of rotatable bonds is 12. The molecule has 0 saturated carbocycles. The molecule has 0 aliphatic heterocycles. The number of halogens is 2. The average Bonchev–Trinajstić information content (AvgIpc) is 2.86. The lowest BCUT2D eigenvalue weighted by Gasteiger charge is -2.19. The van der Waals surface area contributed by atoms with Crippen LogP contribution in [0.4, 0.5) is 0 Å². The first kappa shape index (κ1) is 33.7. The Bertz CT molecular complexity index is 1100. The zero-order valence-corrected chi connectivity index (χ0v) is 26.1. The van der Waals surface area contributed by atoms with Gasteiger partial charge in [-0.3, -0.25) is 24.0 Å². The Labute approximate surface area is 250 Å². The van der Waals surface area contributed by atoms with Crippen molar-refractivity contribution >= 4 is 74.7 Å². The fraction of sp³-hybridized carbons (Fsp3) is 0.393. The minimum absolute atomic E-state index is 0.0314. The molecule has 10 heteroatoms. The summed E-state index contributed by atoms with van der Waals surface area (Å²) >= 11 is 4.37. The predicted octanol–water partition coefficient (Wildman–Crippen LogP) is 4.90. The number of hydrogen-bond acceptors (Lipinski definition) is 7. The first-order chi connectivity index (χ1) is 17.9. The molecule has 0 fully saturated rings. The molecule has 0 saturated heterocycles. The van der Waals surface area contributed by atoms with Crippen molar-refractivity contribution in [2.24, 2.45) is 17.8 Å². The summed E-state index contributed by atoms with van der Waals surface area (Å²) in [5, 5.41) is 8.68. The van der Waals surface area contributed by atoms with Crippen molar-refractivity contribution in [1.82, 2.24) is 0 Å². The van der Waals surface area contributed by atoms with Crippen molar-refractivity contribution < 1.29 is 38.6 Å². The van der Waals surface area contributed by atoms with Gasteiger partial charge in [0.05, 0.1) is 25.6 Å². The van der Waals surface area contributed by atoms with Gasteiger partial charge in [0.1, 0.15) is 11.7 Å². The summed E-state index contributed by atoms with van der Waals surface area (Å²) in [6.45, 7) is 4.86. The van der Waals surface area contributed by atoms with Crippen LogP contribution in [-0.4, -0.2) is 48.3 Å². The summed E-state index contributed by atoms with van der Waals surface area (Å²) in [6, 6.07) is 15.1. The number of carboxylic acids is 1. The highest BCUT2D eigenvalue weighted by molar-refractivity contribution is 14.1. The molecule has 38 heavy (non-hydrogen) atoms. The van der Waals surface area contributed by atoms with Crippen molar-refractivity contribution in [3.8, 4) is 0 Å². The highest BCUT2D eigenvalue weighted by Crippen LogP contribution is 2.20. The molecule has 0 radical (unpaired) electrons. The fourth-order valence-corrected chi connectivity index (χ4v) is 4.13. The van der Waals surface area contributed by atoms with Crippen LogP contribution in [0.15, 0.2) is 48.5 Å². The maximum atomic E-state index is 12.5. The molecule has 2 aromatic carbocycles. The summed E-state index contributed by atoms with van der Waals surface area (Å²) in [4.78, 5) is 58.3. The molecule has 1 unspecified atom stereocenters. The van der Waals surface area contributed by atoms with E-state index in [1.807, 2.05) is 48.5 Å². The summed E-state index contributed by atoms with van der Waals surface area (Å²) in [6.07, 6.45) is 0.484. The van der Waals surface area contributed by atoms with Crippen LogP contribution >= 0.6 is 45.2 Å². The molecule has 2 rings (SSSR count). The quantitative estimate of drug-likeness (QED) is 0.185. The molecule has 0 aromatic heterocycles. The third kappa shape index (κ3) is 12.0. The summed E-state index contributed by atoms with van der Waals surface area (Å²) in [5.41, 5.74) is 1.72. The molecule has 3 atom stereocenters. The topological polar surface area (TPSA) is 124 Å². The molecular formula is C28H32I2O8. The monoisotopic (exact) mass is 750 g/mol. The zero-order chi connectivity index (χ0) is 28.8. The van der Waals surface area contributed by atoms with E-state index in [1.54, 1.807) is 13.8 Å². The van der Waals surface area contributed by atoms with Gasteiger partial charge in [0.15, 0.2) is 5.78 Å². The molecule has 1 N–H and O–H groups in total. The fourth-order valence-electron chi connectivity index (χ4n) is 3.41. The molecule has 8 nitrogen and oxygen atoms in total. The third-order valence-electron chi connectivity index (χ3n) is 5.52. The minimum atomic E-state index is -1.15. The Balaban J connectivity index is 0.000000399. The highest BCUT2D eigenvalue weighted by Gasteiger charge is 2.37. The molecule has 2 aromatic rings. The van der Waals surface area contributed by atoms with Crippen LogP contribution in [0.1, 0.15) is 38.3 Å². The van der Waals surface area contributed by atoms with Crippen molar-refractivity contribution in [1.29, 1.82) is 0 Å². The first-order valence-electron chi connectivity index (χ1n) is 11.9. The maximum absolute atomic E-state index is 12.5. The van der Waals surface area contributed by atoms with E-state index in [-0.39, 0.29) is 31.0 Å². The van der Waals surface area contributed by atoms with E-state index >= 15 is 0 Å². The standard InChI is InChI=1S/C16H19IO5.C12H13IO3/c1-4-22-16(20)14(10(2)15(19)21-3)13(18)9-11-5-7-12(17)8-6-11;1-8(12(15)16)6-11(14)7-9-2-4-10(13)5-3-9/h5-8,10,14H,4,9H2,1-3H3;2-5,8H,6-7H2,1H3,(H,15,16)/t10-,14?;8-/m11/s1. The van der Waals surface area contributed by atoms with Crippen LogP contribution in [0.2, 0.25) is 0 Å². The maximum Gasteiger partial charge on any atom is 0.317 e. The van der Waals surface area contributed by atoms with Crippen molar-refractivity contribution in [2.45, 2.75) is 40.0 Å². The smallest absolute Gasteiger partial charge is 0.317 e. The molecule has 0 aliphatic rings. The number of ketones is 2. The zero-order valence-electron chi connectivity index (χ0n) is 21.7. The van der Waals surface area contributed by atoms with E-state index in [0.29, 0.717) is 6.42 Å². The van der Waals surface area contributed by atoms with Gasteiger partial charge in [-0.15, -0.1) is 0 Å². The third-order valence-corrected chi connectivity index (χ3v) is 6.96. The number of methoxy groups -OCH3 is 1. The lowest BCUT2D eigenvalue weighted by molar-refractivity contribution is -0.161. The Hall–Kier alpha value is -2.35. The number of carbonyl (C=O) groups is 5. The number of carbonyl (C=O) groups excluding carboxylic acids is 4. The molecule has 0 amide bonds. The number of benzene rings is 2. The Kier molecular flexibility index (Phi) is 15.3. The van der Waals surface area contributed by atoms with Crippen molar-refractivity contribution in [3.05, 3.63) is 66.8 Å². The number of esters is 2. The van der Waals surface area contributed by atoms with Crippen LogP contribution in [0.3, 0.4) is 0 Å². The normalized spacial score (nSPS) is 12.7. The molecular weight excluding hydrogens is 718 g/mol. The van der Waals surface area contributed by atoms with Crippen molar-refractivity contribution in [2.75, 3.05) is 13.7 Å². The van der Waals surface area contributed by atoms with Gasteiger partial charge in [-0.2, -0.15) is 0 Å². The average molecular weight is 750 g/mol. The lowest BCUT2D eigenvalue weighted by atomic mass is 9.87. The highest BCUT2D eigenvalue weighted by atomic mass is 127. The molecule has 0 heterocycles. The van der Waals surface area contributed by atoms with Gasteiger partial charge in [0.2, 0.25) is 0 Å². The Morgan fingerprint density at radius 3 is 1.71 bits per heavy atom. The van der Waals surface area contributed by atoms with Gasteiger partial charge in [-0.1, -0.05) is 38.1 Å². The Morgan fingerprint density at radius 1 is 0.816 bits per heavy atom. The van der Waals surface area contributed by atoms with Gasteiger partial charge >= 0.3 is 17.9 Å².